The Morgan fingerprint density at radius 1 is 1.14 bits per heavy atom. The zero-order chi connectivity index (χ0) is 21.3. The molecule has 0 aliphatic carbocycles. The van der Waals surface area contributed by atoms with Crippen LogP contribution >= 0.6 is 0 Å². The normalized spacial score (nSPS) is 24.6. The van der Waals surface area contributed by atoms with Crippen molar-refractivity contribution in [2.24, 2.45) is 5.16 Å². The smallest absolute Gasteiger partial charge is 0.411 e. The molecule has 0 radical (unpaired) electrons. The van der Waals surface area contributed by atoms with Gasteiger partial charge in [-0.05, 0) is 48.5 Å². The number of ether oxygens (including phenoxy) is 3. The third-order valence-electron chi connectivity index (χ3n) is 4.06. The fourth-order valence-electron chi connectivity index (χ4n) is 3.08. The fourth-order valence-corrected chi connectivity index (χ4v) is 3.08. The summed E-state index contributed by atoms with van der Waals surface area (Å²) in [4.78, 5) is 44.2. The fraction of sp³-hybridized carbons (Fsp3) is 0.789. The van der Waals surface area contributed by atoms with E-state index in [-0.39, 0.29) is 31.7 Å². The quantitative estimate of drug-likeness (QED) is 0.531. The van der Waals surface area contributed by atoms with E-state index in [2.05, 4.69) is 5.16 Å². The lowest BCUT2D eigenvalue weighted by Crippen LogP contribution is -2.46. The molecular weight excluding hydrogens is 368 g/mol. The Kier molecular flexibility index (Phi) is 5.96. The first-order valence-corrected chi connectivity index (χ1v) is 9.40. The summed E-state index contributed by atoms with van der Waals surface area (Å²) in [6, 6.07) is -0.897. The minimum absolute atomic E-state index is 0.0538. The second-order valence-corrected chi connectivity index (χ2v) is 9.07. The zero-order valence-electron chi connectivity index (χ0n) is 17.7. The molecule has 2 atom stereocenters. The second kappa shape index (κ2) is 7.60. The van der Waals surface area contributed by atoms with E-state index < -0.39 is 40.9 Å². The minimum Gasteiger partial charge on any atom is -0.461 e. The van der Waals surface area contributed by atoms with Crippen molar-refractivity contribution in [2.75, 3.05) is 13.2 Å². The summed E-state index contributed by atoms with van der Waals surface area (Å²) in [5.74, 6) is -1.12. The first kappa shape index (κ1) is 22.0. The molecule has 9 heteroatoms. The molecule has 2 heterocycles. The van der Waals surface area contributed by atoms with E-state index in [4.69, 9.17) is 19.0 Å². The van der Waals surface area contributed by atoms with E-state index in [0.29, 0.717) is 0 Å². The second-order valence-electron chi connectivity index (χ2n) is 9.07. The molecule has 2 aliphatic heterocycles. The van der Waals surface area contributed by atoms with Crippen LogP contribution in [0.4, 0.5) is 4.79 Å². The number of likely N-dealkylation sites (tertiary alicyclic amines) is 1. The Morgan fingerprint density at radius 2 is 1.75 bits per heavy atom. The number of nitrogens with zero attached hydrogens (tertiary/aromatic N) is 2. The van der Waals surface area contributed by atoms with E-state index in [1.807, 2.05) is 0 Å². The van der Waals surface area contributed by atoms with Crippen molar-refractivity contribution in [1.82, 2.24) is 4.90 Å². The molecule has 158 valence electrons. The van der Waals surface area contributed by atoms with Gasteiger partial charge in [-0.1, -0.05) is 5.16 Å². The molecule has 1 fully saturated rings. The van der Waals surface area contributed by atoms with Gasteiger partial charge in [0.1, 0.15) is 17.2 Å². The molecule has 0 aromatic carbocycles. The maximum absolute atomic E-state index is 12.7. The zero-order valence-corrected chi connectivity index (χ0v) is 17.7. The van der Waals surface area contributed by atoms with Gasteiger partial charge in [-0.15, -0.1) is 0 Å². The van der Waals surface area contributed by atoms with Crippen molar-refractivity contribution in [3.63, 3.8) is 0 Å². The number of rotatable bonds is 3. The standard InChI is InChI=1S/C19H30N2O7/c1-8-25-14(22)12-9-19(28-20-12)10-13(15(23)26-17(2,3)4)21(11-19)16(24)27-18(5,6)7/h13H,8-11H2,1-7H3/t13-,19+/m0/s1. The lowest BCUT2D eigenvalue weighted by Gasteiger charge is -2.29. The highest BCUT2D eigenvalue weighted by molar-refractivity contribution is 6.36. The predicted octanol–water partition coefficient (Wildman–Crippen LogP) is 2.42. The summed E-state index contributed by atoms with van der Waals surface area (Å²) in [5.41, 5.74) is -2.29. The predicted molar refractivity (Wildman–Crippen MR) is 99.7 cm³/mol. The lowest BCUT2D eigenvalue weighted by atomic mass is 9.94. The number of hydrogen-bond acceptors (Lipinski definition) is 8. The first-order chi connectivity index (χ1) is 12.8. The van der Waals surface area contributed by atoms with Crippen LogP contribution in [0.5, 0.6) is 0 Å². The summed E-state index contributed by atoms with van der Waals surface area (Å²) in [7, 11) is 0. The highest BCUT2D eigenvalue weighted by atomic mass is 16.7. The van der Waals surface area contributed by atoms with Gasteiger partial charge < -0.3 is 19.0 Å². The summed E-state index contributed by atoms with van der Waals surface area (Å²) in [6.45, 7) is 12.5. The molecule has 0 aromatic heterocycles. The maximum Gasteiger partial charge on any atom is 0.411 e. The van der Waals surface area contributed by atoms with Crippen molar-refractivity contribution in [2.45, 2.75) is 84.2 Å². The molecule has 2 rings (SSSR count). The monoisotopic (exact) mass is 398 g/mol. The van der Waals surface area contributed by atoms with Gasteiger partial charge in [0.05, 0.1) is 13.2 Å². The molecule has 1 spiro atoms. The van der Waals surface area contributed by atoms with Crippen LogP contribution in [0.25, 0.3) is 0 Å². The summed E-state index contributed by atoms with van der Waals surface area (Å²) in [6.07, 6.45) is -0.355. The summed E-state index contributed by atoms with van der Waals surface area (Å²) < 4.78 is 15.9. The van der Waals surface area contributed by atoms with Gasteiger partial charge in [-0.3, -0.25) is 4.90 Å². The Morgan fingerprint density at radius 3 is 2.29 bits per heavy atom. The third-order valence-corrected chi connectivity index (χ3v) is 4.06. The molecule has 0 N–H and O–H groups in total. The highest BCUT2D eigenvalue weighted by Crippen LogP contribution is 2.39. The van der Waals surface area contributed by atoms with E-state index in [9.17, 15) is 14.4 Å². The van der Waals surface area contributed by atoms with Crippen LogP contribution in [-0.2, 0) is 28.6 Å². The van der Waals surface area contributed by atoms with E-state index in [1.54, 1.807) is 48.5 Å². The lowest BCUT2D eigenvalue weighted by molar-refractivity contribution is -0.160. The molecule has 0 saturated carbocycles. The Hall–Kier alpha value is -2.32. The molecule has 9 nitrogen and oxygen atoms in total. The van der Waals surface area contributed by atoms with Crippen LogP contribution in [0.2, 0.25) is 0 Å². The third kappa shape index (κ3) is 5.36. The number of oxime groups is 1. The first-order valence-electron chi connectivity index (χ1n) is 9.40. The van der Waals surface area contributed by atoms with Crippen LogP contribution in [0.15, 0.2) is 5.16 Å². The largest absolute Gasteiger partial charge is 0.461 e. The SMILES string of the molecule is CCOC(=O)C1=NO[C@]2(C1)C[C@@H](C(=O)OC(C)(C)C)N(C(=O)OC(C)(C)C)C2. The van der Waals surface area contributed by atoms with Gasteiger partial charge >= 0.3 is 18.0 Å². The Balaban J connectivity index is 2.21. The average Bonchev–Trinajstić information content (AvgIpc) is 3.09. The van der Waals surface area contributed by atoms with E-state index in [0.717, 1.165) is 0 Å². The van der Waals surface area contributed by atoms with Crippen LogP contribution in [0.3, 0.4) is 0 Å². The topological polar surface area (TPSA) is 104 Å². The molecule has 0 aromatic rings. The van der Waals surface area contributed by atoms with E-state index >= 15 is 0 Å². The Labute approximate surface area is 165 Å². The van der Waals surface area contributed by atoms with Gasteiger partial charge in [0.25, 0.3) is 0 Å². The van der Waals surface area contributed by atoms with Gasteiger partial charge in [-0.25, -0.2) is 14.4 Å². The molecule has 0 bridgehead atoms. The molecule has 2 aliphatic rings. The van der Waals surface area contributed by atoms with Crippen molar-refractivity contribution >= 4 is 23.7 Å². The Bertz CT molecular complexity index is 637. The number of carbonyl (C=O) groups excluding carboxylic acids is 3. The van der Waals surface area contributed by atoms with Gasteiger partial charge in [-0.2, -0.15) is 0 Å². The molecule has 1 amide bonds. The van der Waals surface area contributed by atoms with Crippen LogP contribution in [-0.4, -0.2) is 64.6 Å². The minimum atomic E-state index is -0.986. The highest BCUT2D eigenvalue weighted by Gasteiger charge is 2.56. The van der Waals surface area contributed by atoms with Crippen molar-refractivity contribution in [3.05, 3.63) is 0 Å². The maximum atomic E-state index is 12.7. The van der Waals surface area contributed by atoms with Gasteiger partial charge in [0.2, 0.25) is 0 Å². The summed E-state index contributed by atoms with van der Waals surface area (Å²) in [5, 5.41) is 3.84. The van der Waals surface area contributed by atoms with Gasteiger partial charge in [0, 0.05) is 12.8 Å². The molecular formula is C19H30N2O7. The summed E-state index contributed by atoms with van der Waals surface area (Å²) >= 11 is 0. The molecule has 0 unspecified atom stereocenters. The van der Waals surface area contributed by atoms with Crippen molar-refractivity contribution in [1.29, 1.82) is 0 Å². The average molecular weight is 398 g/mol. The number of amides is 1. The van der Waals surface area contributed by atoms with Crippen molar-refractivity contribution < 1.29 is 33.4 Å². The van der Waals surface area contributed by atoms with Crippen LogP contribution in [0, 0.1) is 0 Å². The van der Waals surface area contributed by atoms with Crippen LogP contribution < -0.4 is 0 Å². The van der Waals surface area contributed by atoms with Gasteiger partial charge in [0.15, 0.2) is 11.3 Å². The van der Waals surface area contributed by atoms with Crippen LogP contribution in [0.1, 0.15) is 61.3 Å². The van der Waals surface area contributed by atoms with Crippen molar-refractivity contribution in [3.8, 4) is 0 Å². The number of carbonyl (C=O) groups is 3. The molecule has 28 heavy (non-hydrogen) atoms. The molecule has 1 saturated heterocycles. The van der Waals surface area contributed by atoms with E-state index in [1.165, 1.54) is 4.90 Å². The number of esters is 2. The number of hydrogen-bond donors (Lipinski definition) is 0.